The first kappa shape index (κ1) is 13.5. The van der Waals surface area contributed by atoms with Crippen molar-refractivity contribution in [2.75, 3.05) is 10.6 Å². The van der Waals surface area contributed by atoms with Crippen molar-refractivity contribution in [2.24, 2.45) is 0 Å². The van der Waals surface area contributed by atoms with E-state index in [0.717, 1.165) is 23.3 Å². The molecule has 19 heavy (non-hydrogen) atoms. The molecule has 0 amide bonds. The van der Waals surface area contributed by atoms with Crippen molar-refractivity contribution in [1.29, 1.82) is 0 Å². The number of hydrogen-bond donors (Lipinski definition) is 2. The van der Waals surface area contributed by atoms with E-state index in [-0.39, 0.29) is 0 Å². The summed E-state index contributed by atoms with van der Waals surface area (Å²) in [4.78, 5) is 1.16. The summed E-state index contributed by atoms with van der Waals surface area (Å²) in [6.07, 6.45) is -2.72. The number of nitrogens with zero attached hydrogens (tertiary/aromatic N) is 1. The third kappa shape index (κ3) is 2.73. The molecule has 1 aromatic rings. The molecule has 0 bridgehead atoms. The zero-order valence-electron chi connectivity index (χ0n) is 10.1. The van der Waals surface area contributed by atoms with Gasteiger partial charge in [0.15, 0.2) is 0 Å². The number of nitrogens with two attached hydrogens (primary N) is 1. The van der Waals surface area contributed by atoms with Gasteiger partial charge in [0, 0.05) is 17.6 Å². The Balaban J connectivity index is 2.43. The standard InChI is InChI=1S/C13H13F3N2O/c1-8-6-10(17)3-4-11(8)18-7-9(13(14,15)16)2-5-12(18)19/h2-7,12,19H,17H2,1H3. The topological polar surface area (TPSA) is 49.5 Å². The van der Waals surface area contributed by atoms with Crippen LogP contribution in [0.3, 0.4) is 0 Å². The molecule has 102 valence electrons. The van der Waals surface area contributed by atoms with E-state index in [1.807, 2.05) is 0 Å². The summed E-state index contributed by atoms with van der Waals surface area (Å²) in [5, 5.41) is 9.80. The summed E-state index contributed by atoms with van der Waals surface area (Å²) in [7, 11) is 0. The predicted molar refractivity (Wildman–Crippen MR) is 67.4 cm³/mol. The molecule has 2 rings (SSSR count). The van der Waals surface area contributed by atoms with Crippen molar-refractivity contribution in [3.05, 3.63) is 47.7 Å². The Labute approximate surface area is 108 Å². The minimum Gasteiger partial charge on any atom is -0.399 e. The van der Waals surface area contributed by atoms with Crippen LogP contribution in [-0.4, -0.2) is 17.5 Å². The van der Waals surface area contributed by atoms with Crippen LogP contribution in [0.1, 0.15) is 5.56 Å². The first-order valence-electron chi connectivity index (χ1n) is 5.59. The maximum atomic E-state index is 12.7. The minimum atomic E-state index is -4.45. The predicted octanol–water partition coefficient (Wildman–Crippen LogP) is 2.72. The van der Waals surface area contributed by atoms with Gasteiger partial charge in [-0.05, 0) is 42.8 Å². The Morgan fingerprint density at radius 2 is 2.00 bits per heavy atom. The van der Waals surface area contributed by atoms with Crippen LogP contribution < -0.4 is 10.6 Å². The quantitative estimate of drug-likeness (QED) is 0.771. The SMILES string of the molecule is Cc1cc(N)ccc1N1C=C(C(F)(F)F)C=CC1O. The smallest absolute Gasteiger partial charge is 0.399 e. The second-order valence-electron chi connectivity index (χ2n) is 4.31. The van der Waals surface area contributed by atoms with Crippen molar-refractivity contribution in [1.82, 2.24) is 0 Å². The molecule has 3 N–H and O–H groups in total. The molecular formula is C13H13F3N2O. The van der Waals surface area contributed by atoms with E-state index in [1.165, 1.54) is 0 Å². The molecule has 1 unspecified atom stereocenters. The van der Waals surface area contributed by atoms with E-state index in [1.54, 1.807) is 25.1 Å². The van der Waals surface area contributed by atoms with Crippen molar-refractivity contribution in [2.45, 2.75) is 19.3 Å². The lowest BCUT2D eigenvalue weighted by Crippen LogP contribution is -2.33. The van der Waals surface area contributed by atoms with Crippen LogP contribution in [-0.2, 0) is 0 Å². The van der Waals surface area contributed by atoms with E-state index >= 15 is 0 Å². The highest BCUT2D eigenvalue weighted by Crippen LogP contribution is 2.33. The largest absolute Gasteiger partial charge is 0.417 e. The number of rotatable bonds is 1. The molecule has 0 aromatic heterocycles. The highest BCUT2D eigenvalue weighted by molar-refractivity contribution is 5.63. The zero-order chi connectivity index (χ0) is 14.2. The van der Waals surface area contributed by atoms with Gasteiger partial charge in [-0.15, -0.1) is 0 Å². The summed E-state index contributed by atoms with van der Waals surface area (Å²) in [6, 6.07) is 4.80. The van der Waals surface area contributed by atoms with E-state index < -0.39 is 18.0 Å². The van der Waals surface area contributed by atoms with Gasteiger partial charge in [-0.2, -0.15) is 13.2 Å². The lowest BCUT2D eigenvalue weighted by molar-refractivity contribution is -0.0888. The number of allylic oxidation sites excluding steroid dienone is 2. The number of halogens is 3. The van der Waals surface area contributed by atoms with Gasteiger partial charge in [-0.1, -0.05) is 0 Å². The van der Waals surface area contributed by atoms with Crippen LogP contribution >= 0.6 is 0 Å². The van der Waals surface area contributed by atoms with Crippen LogP contribution in [0.15, 0.2) is 42.1 Å². The van der Waals surface area contributed by atoms with Crippen molar-refractivity contribution < 1.29 is 18.3 Å². The fourth-order valence-electron chi connectivity index (χ4n) is 1.90. The van der Waals surface area contributed by atoms with Crippen LogP contribution in [0.5, 0.6) is 0 Å². The molecule has 6 heteroatoms. The van der Waals surface area contributed by atoms with E-state index in [4.69, 9.17) is 5.73 Å². The summed E-state index contributed by atoms with van der Waals surface area (Å²) in [5.74, 6) is 0. The number of aliphatic hydroxyl groups is 1. The summed E-state index contributed by atoms with van der Waals surface area (Å²) in [5.41, 5.74) is 6.47. The number of aliphatic hydroxyl groups excluding tert-OH is 1. The fraction of sp³-hybridized carbons (Fsp3) is 0.231. The van der Waals surface area contributed by atoms with Crippen molar-refractivity contribution in [3.63, 3.8) is 0 Å². The van der Waals surface area contributed by atoms with Crippen LogP contribution in [0.2, 0.25) is 0 Å². The third-order valence-electron chi connectivity index (χ3n) is 2.84. The monoisotopic (exact) mass is 270 g/mol. The van der Waals surface area contributed by atoms with E-state index in [0.29, 0.717) is 16.9 Å². The molecule has 0 spiro atoms. The van der Waals surface area contributed by atoms with Gasteiger partial charge in [0.25, 0.3) is 0 Å². The van der Waals surface area contributed by atoms with Gasteiger partial charge < -0.3 is 15.7 Å². The maximum Gasteiger partial charge on any atom is 0.417 e. The molecular weight excluding hydrogens is 257 g/mol. The van der Waals surface area contributed by atoms with Gasteiger partial charge in [0.05, 0.1) is 5.57 Å². The average molecular weight is 270 g/mol. The van der Waals surface area contributed by atoms with E-state index in [9.17, 15) is 18.3 Å². The van der Waals surface area contributed by atoms with Crippen molar-refractivity contribution in [3.8, 4) is 0 Å². The average Bonchev–Trinajstić information content (AvgIpc) is 2.29. The number of alkyl halides is 3. The van der Waals surface area contributed by atoms with Gasteiger partial charge in [0.2, 0.25) is 0 Å². The molecule has 3 nitrogen and oxygen atoms in total. The molecule has 1 aliphatic rings. The molecule has 0 saturated heterocycles. The maximum absolute atomic E-state index is 12.7. The Morgan fingerprint density at radius 3 is 2.58 bits per heavy atom. The van der Waals surface area contributed by atoms with Gasteiger partial charge >= 0.3 is 6.18 Å². The highest BCUT2D eigenvalue weighted by Gasteiger charge is 2.35. The summed E-state index contributed by atoms with van der Waals surface area (Å²) in [6.45, 7) is 1.72. The number of aryl methyl sites for hydroxylation is 1. The van der Waals surface area contributed by atoms with Crippen molar-refractivity contribution >= 4 is 11.4 Å². The molecule has 1 heterocycles. The zero-order valence-corrected chi connectivity index (χ0v) is 10.1. The van der Waals surface area contributed by atoms with Crippen LogP contribution in [0.25, 0.3) is 0 Å². The van der Waals surface area contributed by atoms with Gasteiger partial charge in [0.1, 0.15) is 6.23 Å². The number of anilines is 2. The molecule has 0 fully saturated rings. The number of nitrogen functional groups attached to an aromatic ring is 1. The molecule has 0 aliphatic carbocycles. The molecule has 0 radical (unpaired) electrons. The fourth-order valence-corrected chi connectivity index (χ4v) is 1.90. The highest BCUT2D eigenvalue weighted by atomic mass is 19.4. The Hall–Kier alpha value is -1.95. The molecule has 1 atom stereocenters. The Bertz CT molecular complexity index is 549. The second kappa shape index (κ2) is 4.62. The summed E-state index contributed by atoms with van der Waals surface area (Å²) < 4.78 is 38.0. The number of benzene rings is 1. The third-order valence-corrected chi connectivity index (χ3v) is 2.84. The van der Waals surface area contributed by atoms with E-state index in [2.05, 4.69) is 0 Å². The molecule has 1 aromatic carbocycles. The normalized spacial score (nSPS) is 19.5. The van der Waals surface area contributed by atoms with Crippen LogP contribution in [0, 0.1) is 6.92 Å². The molecule has 0 saturated carbocycles. The number of hydrogen-bond acceptors (Lipinski definition) is 3. The molecule has 1 aliphatic heterocycles. The Kier molecular flexibility index (Phi) is 3.28. The van der Waals surface area contributed by atoms with Crippen LogP contribution in [0.4, 0.5) is 24.5 Å². The lowest BCUT2D eigenvalue weighted by atomic mass is 10.1. The van der Waals surface area contributed by atoms with Gasteiger partial charge in [-0.25, -0.2) is 0 Å². The Morgan fingerprint density at radius 1 is 1.32 bits per heavy atom. The minimum absolute atomic E-state index is 0.479. The lowest BCUT2D eigenvalue weighted by Gasteiger charge is -2.30. The first-order chi connectivity index (χ1) is 8.79. The van der Waals surface area contributed by atoms with Gasteiger partial charge in [-0.3, -0.25) is 0 Å². The summed E-state index contributed by atoms with van der Waals surface area (Å²) >= 11 is 0. The first-order valence-corrected chi connectivity index (χ1v) is 5.59. The second-order valence-corrected chi connectivity index (χ2v) is 4.31.